The Labute approximate surface area is 166 Å². The Hall–Kier alpha value is -1.88. The van der Waals surface area contributed by atoms with Crippen LogP contribution in [-0.4, -0.2) is 21.2 Å². The maximum absolute atomic E-state index is 11.1. The Kier molecular flexibility index (Phi) is 6.05. The number of thiazole rings is 1. The molecule has 0 radical (unpaired) electrons. The largest absolute Gasteiger partial charge is 0.507 e. The van der Waals surface area contributed by atoms with E-state index in [4.69, 9.17) is 10.1 Å². The number of aromatic hydroxyl groups is 1. The average Bonchev–Trinajstić information content (AvgIpc) is 3.00. The summed E-state index contributed by atoms with van der Waals surface area (Å²) in [5, 5.41) is 22.9. The highest BCUT2D eigenvalue weighted by Gasteiger charge is 2.27. The molecular formula is C22H31NO3S. The second-order valence-corrected chi connectivity index (χ2v) is 10.1. The summed E-state index contributed by atoms with van der Waals surface area (Å²) < 4.78 is 0. The van der Waals surface area contributed by atoms with Crippen LogP contribution in [-0.2, 0) is 15.6 Å². The van der Waals surface area contributed by atoms with Crippen molar-refractivity contribution >= 4 is 17.3 Å². The third kappa shape index (κ3) is 4.89. The normalized spacial score (nSPS) is 13.6. The number of hydrogen-bond donors (Lipinski definition) is 2. The molecule has 5 heteroatoms. The molecule has 0 aliphatic heterocycles. The minimum atomic E-state index is -0.798. The fourth-order valence-electron chi connectivity index (χ4n) is 3.15. The van der Waals surface area contributed by atoms with Crippen LogP contribution >= 0.6 is 11.3 Å². The summed E-state index contributed by atoms with van der Waals surface area (Å²) in [5.74, 6) is -0.512. The van der Waals surface area contributed by atoms with Gasteiger partial charge in [0.2, 0.25) is 0 Å². The molecule has 2 rings (SSSR count). The molecule has 1 heterocycles. The zero-order valence-electron chi connectivity index (χ0n) is 17.4. The molecule has 1 aromatic carbocycles. The second-order valence-electron chi connectivity index (χ2n) is 9.19. The molecular weight excluding hydrogens is 358 g/mol. The number of rotatable bonds is 5. The van der Waals surface area contributed by atoms with Crippen LogP contribution < -0.4 is 0 Å². The summed E-state index contributed by atoms with van der Waals surface area (Å²) in [7, 11) is 0. The second kappa shape index (κ2) is 7.63. The van der Waals surface area contributed by atoms with E-state index in [9.17, 15) is 9.90 Å². The number of phenols is 1. The summed E-state index contributed by atoms with van der Waals surface area (Å²) in [4.78, 5) is 15.9. The standard InChI is InChI=1S/C22H31NO3S/c1-8-13(11-18(24)25)20-23-17(12-27-20)14-9-15(21(2,3)4)19(26)16(10-14)22(5,6)7/h9-10,12-13,26H,8,11H2,1-7H3,(H,24,25). The number of carboxylic acid groups (broad SMARTS) is 1. The number of carbonyl (C=O) groups is 1. The fraction of sp³-hybridized carbons (Fsp3) is 0.545. The predicted octanol–water partition coefficient (Wildman–Crippen LogP) is 6.08. The molecule has 1 atom stereocenters. The van der Waals surface area contributed by atoms with Gasteiger partial charge in [0.15, 0.2) is 0 Å². The van der Waals surface area contributed by atoms with E-state index >= 15 is 0 Å². The van der Waals surface area contributed by atoms with Crippen molar-refractivity contribution in [2.24, 2.45) is 0 Å². The van der Waals surface area contributed by atoms with Crippen molar-refractivity contribution in [1.29, 1.82) is 0 Å². The molecule has 0 bridgehead atoms. The molecule has 1 aromatic heterocycles. The Morgan fingerprint density at radius 1 is 1.11 bits per heavy atom. The topological polar surface area (TPSA) is 70.4 Å². The van der Waals surface area contributed by atoms with Crippen molar-refractivity contribution in [2.75, 3.05) is 0 Å². The fourth-order valence-corrected chi connectivity index (χ4v) is 4.17. The van der Waals surface area contributed by atoms with Gasteiger partial charge in [-0.1, -0.05) is 48.5 Å². The molecule has 2 N–H and O–H groups in total. The summed E-state index contributed by atoms with van der Waals surface area (Å²) in [5.41, 5.74) is 3.21. The number of nitrogens with zero attached hydrogens (tertiary/aromatic N) is 1. The van der Waals surface area contributed by atoms with Crippen LogP contribution in [0.4, 0.5) is 0 Å². The van der Waals surface area contributed by atoms with Gasteiger partial charge < -0.3 is 10.2 Å². The van der Waals surface area contributed by atoms with Gasteiger partial charge >= 0.3 is 5.97 Å². The Morgan fingerprint density at radius 3 is 2.04 bits per heavy atom. The molecule has 0 fully saturated rings. The first-order chi connectivity index (χ1) is 12.3. The van der Waals surface area contributed by atoms with Crippen molar-refractivity contribution in [1.82, 2.24) is 4.98 Å². The highest BCUT2D eigenvalue weighted by Crippen LogP contribution is 2.42. The van der Waals surface area contributed by atoms with Gasteiger partial charge in [-0.2, -0.15) is 0 Å². The van der Waals surface area contributed by atoms with E-state index in [1.165, 1.54) is 11.3 Å². The lowest BCUT2D eigenvalue weighted by atomic mass is 9.78. The maximum atomic E-state index is 11.1. The van der Waals surface area contributed by atoms with Crippen LogP contribution in [0.3, 0.4) is 0 Å². The highest BCUT2D eigenvalue weighted by molar-refractivity contribution is 7.10. The number of aromatic nitrogens is 1. The van der Waals surface area contributed by atoms with E-state index in [0.717, 1.165) is 33.8 Å². The molecule has 0 amide bonds. The Morgan fingerprint density at radius 2 is 1.63 bits per heavy atom. The molecule has 2 aromatic rings. The number of aliphatic carboxylic acids is 1. The zero-order chi connectivity index (χ0) is 20.6. The summed E-state index contributed by atoms with van der Waals surface area (Å²) in [6.07, 6.45) is 0.842. The monoisotopic (exact) mass is 389 g/mol. The van der Waals surface area contributed by atoms with Crippen molar-refractivity contribution in [3.63, 3.8) is 0 Å². The van der Waals surface area contributed by atoms with Crippen LogP contribution in [0, 0.1) is 0 Å². The van der Waals surface area contributed by atoms with Gasteiger partial charge in [-0.25, -0.2) is 4.98 Å². The minimum Gasteiger partial charge on any atom is -0.507 e. The lowest BCUT2D eigenvalue weighted by molar-refractivity contribution is -0.137. The molecule has 0 aliphatic rings. The first-order valence-electron chi connectivity index (χ1n) is 9.40. The number of benzene rings is 1. The highest BCUT2D eigenvalue weighted by atomic mass is 32.1. The minimum absolute atomic E-state index is 0.0671. The number of hydrogen-bond acceptors (Lipinski definition) is 4. The van der Waals surface area contributed by atoms with E-state index in [0.29, 0.717) is 5.75 Å². The van der Waals surface area contributed by atoms with E-state index in [2.05, 4.69) is 41.5 Å². The molecule has 148 valence electrons. The zero-order valence-corrected chi connectivity index (χ0v) is 18.2. The summed E-state index contributed by atoms with van der Waals surface area (Å²) in [6.45, 7) is 14.5. The summed E-state index contributed by atoms with van der Waals surface area (Å²) >= 11 is 1.51. The first-order valence-corrected chi connectivity index (χ1v) is 10.3. The first kappa shape index (κ1) is 21.4. The van der Waals surface area contributed by atoms with Gasteiger partial charge in [0.05, 0.1) is 17.1 Å². The van der Waals surface area contributed by atoms with Crippen molar-refractivity contribution < 1.29 is 15.0 Å². The van der Waals surface area contributed by atoms with Gasteiger partial charge in [0.25, 0.3) is 0 Å². The van der Waals surface area contributed by atoms with Crippen LogP contribution in [0.2, 0.25) is 0 Å². The van der Waals surface area contributed by atoms with Gasteiger partial charge in [-0.05, 0) is 29.4 Å². The van der Waals surface area contributed by atoms with Crippen LogP contribution in [0.15, 0.2) is 17.5 Å². The predicted molar refractivity (Wildman–Crippen MR) is 112 cm³/mol. The van der Waals surface area contributed by atoms with E-state index in [1.807, 2.05) is 24.4 Å². The number of carboxylic acids is 1. The molecule has 4 nitrogen and oxygen atoms in total. The third-order valence-electron chi connectivity index (χ3n) is 4.81. The van der Waals surface area contributed by atoms with Crippen LogP contribution in [0.1, 0.15) is 83.4 Å². The van der Waals surface area contributed by atoms with E-state index < -0.39 is 5.97 Å². The Balaban J connectivity index is 2.58. The molecule has 0 saturated carbocycles. The maximum Gasteiger partial charge on any atom is 0.304 e. The smallest absolute Gasteiger partial charge is 0.304 e. The average molecular weight is 390 g/mol. The third-order valence-corrected chi connectivity index (χ3v) is 5.81. The van der Waals surface area contributed by atoms with Crippen LogP contribution in [0.5, 0.6) is 5.75 Å². The van der Waals surface area contributed by atoms with Gasteiger partial charge in [0.1, 0.15) is 5.75 Å². The van der Waals surface area contributed by atoms with Crippen LogP contribution in [0.25, 0.3) is 11.3 Å². The molecule has 1 unspecified atom stereocenters. The molecule has 0 spiro atoms. The quantitative estimate of drug-likeness (QED) is 0.650. The number of phenolic OH excluding ortho intramolecular Hbond substituents is 1. The summed E-state index contributed by atoms with van der Waals surface area (Å²) in [6, 6.07) is 4.03. The van der Waals surface area contributed by atoms with Gasteiger partial charge in [-0.15, -0.1) is 11.3 Å². The van der Waals surface area contributed by atoms with Crippen molar-refractivity contribution in [2.45, 2.75) is 78.1 Å². The lowest BCUT2D eigenvalue weighted by Crippen LogP contribution is -2.17. The van der Waals surface area contributed by atoms with Gasteiger partial charge in [-0.3, -0.25) is 4.79 Å². The van der Waals surface area contributed by atoms with Gasteiger partial charge in [0, 0.05) is 28.0 Å². The van der Waals surface area contributed by atoms with Crippen molar-refractivity contribution in [3.8, 4) is 17.0 Å². The van der Waals surface area contributed by atoms with Crippen molar-refractivity contribution in [3.05, 3.63) is 33.6 Å². The van der Waals surface area contributed by atoms with E-state index in [1.54, 1.807) is 0 Å². The molecule has 0 saturated heterocycles. The Bertz CT molecular complexity index is 790. The lowest BCUT2D eigenvalue weighted by Gasteiger charge is -2.28. The molecule has 0 aliphatic carbocycles. The van der Waals surface area contributed by atoms with E-state index in [-0.39, 0.29) is 23.2 Å². The SMILES string of the molecule is CCC(CC(=O)O)c1nc(-c2cc(C(C)(C)C)c(O)c(C(C)(C)C)c2)cs1. The molecule has 27 heavy (non-hydrogen) atoms.